The molecule has 4 unspecified atom stereocenters. The molecule has 22 heteroatoms. The Hall–Kier alpha value is -7.21. The summed E-state index contributed by atoms with van der Waals surface area (Å²) in [5, 5.41) is 40.8. The zero-order valence-corrected chi connectivity index (χ0v) is 47.1. The molecule has 13 atom stereocenters. The first-order chi connectivity index (χ1) is 38.9. The molecule has 0 spiro atoms. The van der Waals surface area contributed by atoms with Crippen molar-refractivity contribution in [2.24, 2.45) is 22.2 Å². The molecule has 4 aliphatic rings. The summed E-state index contributed by atoms with van der Waals surface area (Å²) in [5.74, 6) is -9.77. The number of rotatable bonds is 23. The van der Waals surface area contributed by atoms with Crippen molar-refractivity contribution in [3.63, 3.8) is 0 Å². The van der Waals surface area contributed by atoms with Gasteiger partial charge < -0.3 is 63.8 Å². The summed E-state index contributed by atoms with van der Waals surface area (Å²) in [7, 11) is 1.34. The molecule has 3 aromatic carbocycles. The van der Waals surface area contributed by atoms with E-state index in [0.29, 0.717) is 6.42 Å². The molecule has 2 bridgehead atoms. The van der Waals surface area contributed by atoms with Crippen molar-refractivity contribution in [1.29, 1.82) is 0 Å². The van der Waals surface area contributed by atoms with E-state index in [-0.39, 0.29) is 47.5 Å². The maximum atomic E-state index is 15.8. The van der Waals surface area contributed by atoms with Crippen LogP contribution in [0.2, 0.25) is 0 Å². The number of Topliss-reactive ketones (excluding diaryl/α,β-unsaturated/α-hetero) is 2. The van der Waals surface area contributed by atoms with Crippen molar-refractivity contribution < 1.29 is 96.4 Å². The number of aliphatic hydroxyl groups is 3. The lowest BCUT2D eigenvalue weighted by molar-refractivity contribution is -0.306. The average molecular weight is 1140 g/mol. The van der Waals surface area contributed by atoms with Crippen LogP contribution in [-0.4, -0.2) is 157 Å². The highest BCUT2D eigenvalue weighted by atomic mass is 16.7. The molecule has 7 rings (SSSR count). The highest BCUT2D eigenvalue weighted by Gasteiger charge is 2.78. The van der Waals surface area contributed by atoms with Crippen LogP contribution in [0.5, 0.6) is 0 Å². The third kappa shape index (κ3) is 12.4. The van der Waals surface area contributed by atoms with Crippen LogP contribution in [0.1, 0.15) is 113 Å². The molecule has 0 radical (unpaired) electrons. The lowest BCUT2D eigenvalue weighted by Gasteiger charge is -2.67. The topological polar surface area (TPSA) is 312 Å². The van der Waals surface area contributed by atoms with Gasteiger partial charge in [0.25, 0.3) is 5.91 Å². The number of methoxy groups -OCH3 is 1. The van der Waals surface area contributed by atoms with Crippen molar-refractivity contribution in [3.8, 4) is 0 Å². The molecule has 0 aromatic heterocycles. The second-order valence-electron chi connectivity index (χ2n) is 21.8. The van der Waals surface area contributed by atoms with Crippen LogP contribution < -0.4 is 10.6 Å². The molecule has 2 saturated carbocycles. The third-order valence-electron chi connectivity index (χ3n) is 16.7. The standard InChI is InChI=1S/C60H72N2O20/c1-9-39(79-46(30-63)75-8)31-76-44(68)26-25-43(67)61-29-45(69)81-50(48(36-19-13-10-14-20-36)62-54(71)37-21-15-11-16-22-37)56(73)80-40-28-60(74)53(82-55(72)38-23-17-12-18-24-38)51-58(7,41(66)27-42-59(51,32-77-42)34(3)64)52(70)49(78-35(4)65)47(33(40)2)57(60,5)6/h10-24,39-42,46,48-51,53,63,66,74H,9,25-32H2,1-8H3,(H,61,67)(H,62,71)/t39?,40-,41-,42+,46?,48-,49+,50+,51?,53?,58+,59-,60+/m0/s1. The van der Waals surface area contributed by atoms with Gasteiger partial charge in [-0.3, -0.25) is 33.6 Å². The molecule has 1 saturated heterocycles. The summed E-state index contributed by atoms with van der Waals surface area (Å²) in [4.78, 5) is 127. The number of hydrogen-bond donors (Lipinski definition) is 5. The molecule has 1 aliphatic heterocycles. The van der Waals surface area contributed by atoms with Crippen molar-refractivity contribution in [1.82, 2.24) is 10.6 Å². The van der Waals surface area contributed by atoms with Gasteiger partial charge >= 0.3 is 29.8 Å². The van der Waals surface area contributed by atoms with Crippen LogP contribution in [0.3, 0.4) is 0 Å². The highest BCUT2D eigenvalue weighted by Crippen LogP contribution is 2.66. The summed E-state index contributed by atoms with van der Waals surface area (Å²) in [6, 6.07) is 22.0. The predicted octanol–water partition coefficient (Wildman–Crippen LogP) is 3.76. The predicted molar refractivity (Wildman–Crippen MR) is 286 cm³/mol. The van der Waals surface area contributed by atoms with Crippen molar-refractivity contribution in [2.75, 3.05) is 33.5 Å². The van der Waals surface area contributed by atoms with Gasteiger partial charge in [0, 0.05) is 50.2 Å². The molecule has 1 heterocycles. The number of aliphatic hydroxyl groups excluding tert-OH is 2. The van der Waals surface area contributed by atoms with E-state index < -0.39 is 168 Å². The number of amides is 2. The Bertz CT molecular complexity index is 2890. The lowest BCUT2D eigenvalue weighted by Crippen LogP contribution is -2.79. The molecular formula is C60H72N2O20. The first kappa shape index (κ1) is 62.4. The van der Waals surface area contributed by atoms with Gasteiger partial charge in [-0.1, -0.05) is 87.5 Å². The fourth-order valence-corrected chi connectivity index (χ4v) is 12.0. The van der Waals surface area contributed by atoms with Crippen LogP contribution in [0.4, 0.5) is 0 Å². The average Bonchev–Trinajstić information content (AvgIpc) is 1.45. The van der Waals surface area contributed by atoms with E-state index in [4.69, 9.17) is 37.9 Å². The van der Waals surface area contributed by atoms with Gasteiger partial charge in [0.15, 0.2) is 18.2 Å². The van der Waals surface area contributed by atoms with E-state index in [1.807, 2.05) is 0 Å². The van der Waals surface area contributed by atoms with Gasteiger partial charge in [-0.05, 0) is 68.2 Å². The number of carbonyl (C=O) groups excluding carboxylic acids is 9. The molecule has 2 amide bonds. The van der Waals surface area contributed by atoms with Gasteiger partial charge in [0.2, 0.25) is 12.0 Å². The van der Waals surface area contributed by atoms with Gasteiger partial charge in [-0.15, -0.1) is 0 Å². The van der Waals surface area contributed by atoms with Gasteiger partial charge in [0.1, 0.15) is 42.8 Å². The van der Waals surface area contributed by atoms with E-state index in [1.165, 1.54) is 78.1 Å². The van der Waals surface area contributed by atoms with E-state index in [2.05, 4.69) is 10.6 Å². The maximum Gasteiger partial charge on any atom is 0.350 e. The maximum absolute atomic E-state index is 15.8. The fourth-order valence-electron chi connectivity index (χ4n) is 12.0. The van der Waals surface area contributed by atoms with Crippen LogP contribution >= 0.6 is 0 Å². The lowest BCUT2D eigenvalue weighted by atomic mass is 9.41. The highest BCUT2D eigenvalue weighted by molar-refractivity contribution is 5.98. The van der Waals surface area contributed by atoms with E-state index in [1.54, 1.807) is 61.5 Å². The normalized spacial score (nSPS) is 27.6. The second-order valence-corrected chi connectivity index (χ2v) is 21.8. The summed E-state index contributed by atoms with van der Waals surface area (Å²) in [6.45, 7) is 8.18. The first-order valence-corrected chi connectivity index (χ1v) is 27.1. The van der Waals surface area contributed by atoms with Crippen molar-refractivity contribution >= 4 is 53.2 Å². The molecule has 5 N–H and O–H groups in total. The quantitative estimate of drug-likeness (QED) is 0.0391. The first-order valence-electron chi connectivity index (χ1n) is 27.1. The molecule has 442 valence electrons. The Morgan fingerprint density at radius 2 is 1.45 bits per heavy atom. The Kier molecular flexibility index (Phi) is 19.7. The SMILES string of the molecule is CCC(COC(=O)CCC(=O)NCC(=O)O[C@@H](C(=O)O[C@H]1C[C@@]2(O)C(OC(=O)c3ccccc3)C3[C@](C)(C(=O)[C@H](OC(C)=O)C(=C1C)C2(C)C)[C@@H](O)C[C@H]1OC[C@@]31C(C)=O)[C@@H](NC(=O)c1ccccc1)c1ccccc1)OC(CO)OC. The molecule has 3 fully saturated rings. The summed E-state index contributed by atoms with van der Waals surface area (Å²) in [5.41, 5.74) is -7.70. The molecule has 3 aliphatic carbocycles. The third-order valence-corrected chi connectivity index (χ3v) is 16.7. The van der Waals surface area contributed by atoms with Gasteiger partial charge in [0.05, 0.1) is 54.3 Å². The van der Waals surface area contributed by atoms with Crippen LogP contribution in [0.15, 0.2) is 102 Å². The Morgan fingerprint density at radius 3 is 2.01 bits per heavy atom. The van der Waals surface area contributed by atoms with Crippen molar-refractivity contribution in [2.45, 2.75) is 141 Å². The Labute approximate surface area is 474 Å². The van der Waals surface area contributed by atoms with E-state index in [0.717, 1.165) is 6.92 Å². The monoisotopic (exact) mass is 1140 g/mol. The molecule has 3 aromatic rings. The van der Waals surface area contributed by atoms with Crippen LogP contribution in [-0.2, 0) is 71.5 Å². The zero-order chi connectivity index (χ0) is 59.9. The zero-order valence-electron chi connectivity index (χ0n) is 47.1. The Balaban J connectivity index is 1.28. The fraction of sp³-hybridized carbons (Fsp3) is 0.517. The number of ketones is 2. The number of fused-ring (bicyclic) bond motifs is 5. The van der Waals surface area contributed by atoms with Crippen LogP contribution in [0.25, 0.3) is 0 Å². The molecule has 22 nitrogen and oxygen atoms in total. The number of hydrogen-bond acceptors (Lipinski definition) is 20. The Morgan fingerprint density at radius 1 is 0.829 bits per heavy atom. The van der Waals surface area contributed by atoms with E-state index in [9.17, 15) is 48.9 Å². The summed E-state index contributed by atoms with van der Waals surface area (Å²) in [6.07, 6.45) is -13.2. The minimum absolute atomic E-state index is 0.0215. The summed E-state index contributed by atoms with van der Waals surface area (Å²) >= 11 is 0. The largest absolute Gasteiger partial charge is 0.463 e. The minimum atomic E-state index is -2.51. The van der Waals surface area contributed by atoms with Crippen LogP contribution in [0, 0.1) is 22.2 Å². The molecule has 82 heavy (non-hydrogen) atoms. The number of ether oxygens (including phenoxy) is 8. The van der Waals surface area contributed by atoms with Gasteiger partial charge in [-0.2, -0.15) is 0 Å². The number of carbonyl (C=O) groups is 9. The van der Waals surface area contributed by atoms with E-state index >= 15 is 9.59 Å². The number of benzene rings is 3. The second kappa shape index (κ2) is 25.9. The minimum Gasteiger partial charge on any atom is -0.463 e. The number of nitrogens with one attached hydrogen (secondary N) is 2. The molecular weight excluding hydrogens is 1070 g/mol. The smallest absolute Gasteiger partial charge is 0.350 e. The van der Waals surface area contributed by atoms with Crippen molar-refractivity contribution in [3.05, 3.63) is 119 Å². The summed E-state index contributed by atoms with van der Waals surface area (Å²) < 4.78 is 46.4. The van der Waals surface area contributed by atoms with Gasteiger partial charge in [-0.25, -0.2) is 9.59 Å². The number of esters is 5.